The first-order chi connectivity index (χ1) is 7.93. The van der Waals surface area contributed by atoms with Gasteiger partial charge in [0.15, 0.2) is 10.2 Å². The van der Waals surface area contributed by atoms with Gasteiger partial charge in [0.1, 0.15) is 0 Å². The normalized spacial score (nSPS) is 11.7. The SMILES string of the molecule is CN(c1nccs1)S(=O)(=O)c1cn(C)c(Cl)n1. The molecule has 92 valence electrons. The first kappa shape index (κ1) is 12.3. The fourth-order valence-corrected chi connectivity index (χ4v) is 3.31. The summed E-state index contributed by atoms with van der Waals surface area (Å²) in [6, 6.07) is 0. The van der Waals surface area contributed by atoms with E-state index >= 15 is 0 Å². The largest absolute Gasteiger partial charge is 0.323 e. The molecule has 0 aromatic carbocycles. The van der Waals surface area contributed by atoms with Gasteiger partial charge in [0, 0.05) is 31.9 Å². The van der Waals surface area contributed by atoms with Crippen molar-refractivity contribution in [3.8, 4) is 0 Å². The Morgan fingerprint density at radius 3 is 2.71 bits per heavy atom. The van der Waals surface area contributed by atoms with Crippen molar-refractivity contribution >= 4 is 38.1 Å². The molecule has 0 fully saturated rings. The van der Waals surface area contributed by atoms with E-state index in [1.807, 2.05) is 0 Å². The fourth-order valence-electron chi connectivity index (χ4n) is 1.16. The molecule has 0 spiro atoms. The first-order valence-corrected chi connectivity index (χ1v) is 7.20. The summed E-state index contributed by atoms with van der Waals surface area (Å²) >= 11 is 6.95. The first-order valence-electron chi connectivity index (χ1n) is 4.50. The van der Waals surface area contributed by atoms with Gasteiger partial charge in [-0.15, -0.1) is 11.3 Å². The van der Waals surface area contributed by atoms with E-state index in [0.29, 0.717) is 5.13 Å². The highest BCUT2D eigenvalue weighted by molar-refractivity contribution is 7.92. The molecular formula is C8H9ClN4O2S2. The number of hydrogen-bond donors (Lipinski definition) is 0. The molecule has 0 radical (unpaired) electrons. The number of rotatable bonds is 3. The zero-order valence-corrected chi connectivity index (χ0v) is 11.4. The molecule has 6 nitrogen and oxygen atoms in total. The Morgan fingerprint density at radius 2 is 2.24 bits per heavy atom. The summed E-state index contributed by atoms with van der Waals surface area (Å²) in [5.41, 5.74) is 0. The van der Waals surface area contributed by atoms with Gasteiger partial charge in [-0.3, -0.25) is 0 Å². The highest BCUT2D eigenvalue weighted by atomic mass is 35.5. The van der Waals surface area contributed by atoms with Crippen molar-refractivity contribution < 1.29 is 8.42 Å². The molecule has 2 rings (SSSR count). The fraction of sp³-hybridized carbons (Fsp3) is 0.250. The monoisotopic (exact) mass is 292 g/mol. The van der Waals surface area contributed by atoms with Gasteiger partial charge >= 0.3 is 0 Å². The van der Waals surface area contributed by atoms with Crippen LogP contribution in [0, 0.1) is 0 Å². The smallest absolute Gasteiger partial charge is 0.284 e. The molecule has 17 heavy (non-hydrogen) atoms. The number of halogens is 1. The number of imidazole rings is 1. The van der Waals surface area contributed by atoms with Crippen molar-refractivity contribution in [2.75, 3.05) is 11.4 Å². The molecule has 0 saturated heterocycles. The van der Waals surface area contributed by atoms with Crippen LogP contribution >= 0.6 is 22.9 Å². The number of aromatic nitrogens is 3. The van der Waals surface area contributed by atoms with Crippen molar-refractivity contribution in [1.82, 2.24) is 14.5 Å². The average Bonchev–Trinajstić information content (AvgIpc) is 2.88. The molecule has 0 saturated carbocycles. The lowest BCUT2D eigenvalue weighted by Crippen LogP contribution is -2.26. The molecule has 9 heteroatoms. The summed E-state index contributed by atoms with van der Waals surface area (Å²) in [5, 5.41) is 2.11. The summed E-state index contributed by atoms with van der Waals surface area (Å²) < 4.78 is 26.8. The molecule has 0 aliphatic carbocycles. The van der Waals surface area contributed by atoms with Crippen molar-refractivity contribution in [1.29, 1.82) is 0 Å². The van der Waals surface area contributed by atoms with E-state index in [2.05, 4.69) is 9.97 Å². The topological polar surface area (TPSA) is 68.1 Å². The number of thiazole rings is 1. The summed E-state index contributed by atoms with van der Waals surface area (Å²) in [6.45, 7) is 0. The molecule has 0 bridgehead atoms. The van der Waals surface area contributed by atoms with Crippen molar-refractivity contribution in [2.45, 2.75) is 5.03 Å². The Labute approximate surface area is 108 Å². The van der Waals surface area contributed by atoms with Crippen LogP contribution in [-0.4, -0.2) is 30.0 Å². The van der Waals surface area contributed by atoms with Crippen LogP contribution in [0.25, 0.3) is 0 Å². The van der Waals surface area contributed by atoms with Crippen LogP contribution in [0.2, 0.25) is 5.28 Å². The van der Waals surface area contributed by atoms with E-state index in [9.17, 15) is 8.42 Å². The molecule has 0 amide bonds. The minimum Gasteiger partial charge on any atom is -0.323 e. The Morgan fingerprint density at radius 1 is 1.53 bits per heavy atom. The Bertz CT molecular complexity index is 601. The Balaban J connectivity index is 2.43. The van der Waals surface area contributed by atoms with E-state index in [4.69, 9.17) is 11.6 Å². The predicted octanol–water partition coefficient (Wildman–Crippen LogP) is 1.36. The quantitative estimate of drug-likeness (QED) is 0.856. The van der Waals surface area contributed by atoms with Crippen LogP contribution < -0.4 is 4.31 Å². The van der Waals surface area contributed by atoms with Gasteiger partial charge in [0.2, 0.25) is 5.28 Å². The second-order valence-corrected chi connectivity index (χ2v) is 6.37. The van der Waals surface area contributed by atoms with Gasteiger partial charge in [0.25, 0.3) is 10.0 Å². The lowest BCUT2D eigenvalue weighted by atomic mass is 10.9. The van der Waals surface area contributed by atoms with Gasteiger partial charge in [0.05, 0.1) is 0 Å². The number of nitrogens with zero attached hydrogens (tertiary/aromatic N) is 4. The zero-order valence-electron chi connectivity index (χ0n) is 9.03. The Hall–Kier alpha value is -1.12. The van der Waals surface area contributed by atoms with Gasteiger partial charge < -0.3 is 4.57 Å². The van der Waals surface area contributed by atoms with Crippen LogP contribution in [0.3, 0.4) is 0 Å². The molecule has 0 aliphatic rings. The van der Waals surface area contributed by atoms with Crippen LogP contribution in [0.15, 0.2) is 22.8 Å². The van der Waals surface area contributed by atoms with E-state index in [-0.39, 0.29) is 10.3 Å². The third-order valence-corrected chi connectivity index (χ3v) is 5.04. The molecule has 0 unspecified atom stereocenters. The van der Waals surface area contributed by atoms with Crippen molar-refractivity contribution in [2.24, 2.45) is 7.05 Å². The second kappa shape index (κ2) is 4.28. The maximum absolute atomic E-state index is 12.2. The molecule has 0 atom stereocenters. The molecule has 2 aromatic rings. The second-order valence-electron chi connectivity index (χ2n) is 3.25. The molecule has 2 aromatic heterocycles. The summed E-state index contributed by atoms with van der Waals surface area (Å²) in [7, 11) is -0.649. The van der Waals surface area contributed by atoms with Gasteiger partial charge in [-0.2, -0.15) is 8.42 Å². The van der Waals surface area contributed by atoms with Crippen molar-refractivity contribution in [3.05, 3.63) is 23.1 Å². The highest BCUT2D eigenvalue weighted by Gasteiger charge is 2.26. The minimum atomic E-state index is -3.70. The predicted molar refractivity (Wildman–Crippen MR) is 65.9 cm³/mol. The van der Waals surface area contributed by atoms with E-state index in [1.54, 1.807) is 12.4 Å². The van der Waals surface area contributed by atoms with Gasteiger partial charge in [-0.25, -0.2) is 14.3 Å². The third kappa shape index (κ3) is 2.15. The van der Waals surface area contributed by atoms with Crippen molar-refractivity contribution in [3.63, 3.8) is 0 Å². The minimum absolute atomic E-state index is 0.0947. The van der Waals surface area contributed by atoms with E-state index < -0.39 is 10.0 Å². The van der Waals surface area contributed by atoms with Gasteiger partial charge in [-0.1, -0.05) is 0 Å². The van der Waals surface area contributed by atoms with Crippen LogP contribution in [0.4, 0.5) is 5.13 Å². The maximum Gasteiger partial charge on any atom is 0.284 e. The number of anilines is 1. The molecule has 0 aliphatic heterocycles. The van der Waals surface area contributed by atoms with Crippen LogP contribution in [0.5, 0.6) is 0 Å². The standard InChI is InChI=1S/C8H9ClN4O2S2/c1-12-5-6(11-7(12)9)17(14,15)13(2)8-10-3-4-16-8/h3-5H,1-2H3. The molecular weight excluding hydrogens is 284 g/mol. The maximum atomic E-state index is 12.2. The van der Waals surface area contributed by atoms with E-state index in [1.165, 1.54) is 35.3 Å². The molecule has 2 heterocycles. The summed E-state index contributed by atoms with van der Waals surface area (Å²) in [5.74, 6) is 0. The Kier molecular flexibility index (Phi) is 3.11. The zero-order chi connectivity index (χ0) is 12.6. The number of sulfonamides is 1. The summed E-state index contributed by atoms with van der Waals surface area (Å²) in [6.07, 6.45) is 2.90. The third-order valence-electron chi connectivity index (χ3n) is 2.11. The molecule has 0 N–H and O–H groups in total. The van der Waals surface area contributed by atoms with E-state index in [0.717, 1.165) is 4.31 Å². The number of hydrogen-bond acceptors (Lipinski definition) is 5. The van der Waals surface area contributed by atoms with Gasteiger partial charge in [-0.05, 0) is 11.6 Å². The lowest BCUT2D eigenvalue weighted by molar-refractivity contribution is 0.591. The van der Waals surface area contributed by atoms with Crippen LogP contribution in [0.1, 0.15) is 0 Å². The summed E-state index contributed by atoms with van der Waals surface area (Å²) in [4.78, 5) is 7.72. The average molecular weight is 293 g/mol. The lowest BCUT2D eigenvalue weighted by Gasteiger charge is -2.13. The number of aryl methyl sites for hydroxylation is 1. The van der Waals surface area contributed by atoms with Crippen LogP contribution in [-0.2, 0) is 17.1 Å². The highest BCUT2D eigenvalue weighted by Crippen LogP contribution is 2.23.